The van der Waals surface area contributed by atoms with E-state index in [1.54, 1.807) is 45.1 Å². The van der Waals surface area contributed by atoms with E-state index in [0.29, 0.717) is 48.7 Å². The molecule has 1 aliphatic rings. The Morgan fingerprint density at radius 2 is 1.71 bits per heavy atom. The van der Waals surface area contributed by atoms with Crippen LogP contribution in [0.5, 0.6) is 11.5 Å². The molecule has 0 atom stereocenters. The highest BCUT2D eigenvalue weighted by atomic mass is 16.5. The van der Waals surface area contributed by atoms with E-state index in [2.05, 4.69) is 0 Å². The molecule has 9 heteroatoms. The zero-order chi connectivity index (χ0) is 25.9. The third-order valence-electron chi connectivity index (χ3n) is 6.56. The molecule has 9 nitrogen and oxygen atoms in total. The molecule has 0 aromatic heterocycles. The zero-order valence-corrected chi connectivity index (χ0v) is 21.0. The van der Waals surface area contributed by atoms with Crippen LogP contribution in [0.1, 0.15) is 48.7 Å². The Morgan fingerprint density at radius 3 is 2.34 bits per heavy atom. The number of nitrogens with zero attached hydrogens (tertiary/aromatic N) is 2. The zero-order valence-electron chi connectivity index (χ0n) is 21.0. The molecule has 0 spiro atoms. The van der Waals surface area contributed by atoms with Crippen molar-refractivity contribution in [2.75, 3.05) is 45.3 Å². The molecule has 0 aliphatic carbocycles. The van der Waals surface area contributed by atoms with Gasteiger partial charge in [0.15, 0.2) is 11.5 Å². The quantitative estimate of drug-likeness (QED) is 0.415. The fourth-order valence-corrected chi connectivity index (χ4v) is 4.42. The first-order valence-corrected chi connectivity index (χ1v) is 11.5. The van der Waals surface area contributed by atoms with Crippen molar-refractivity contribution in [1.29, 1.82) is 0 Å². The van der Waals surface area contributed by atoms with E-state index in [4.69, 9.17) is 20.9 Å². The van der Waals surface area contributed by atoms with E-state index < -0.39 is 11.3 Å². The molecule has 4 N–H and O–H groups in total. The number of ether oxygens (including phenoxy) is 2. The normalized spacial score (nSPS) is 14.5. The number of hydrogen-bond acceptors (Lipinski definition) is 7. The van der Waals surface area contributed by atoms with Gasteiger partial charge < -0.3 is 25.8 Å². The summed E-state index contributed by atoms with van der Waals surface area (Å²) in [6.07, 6.45) is 1.06. The first-order chi connectivity index (χ1) is 16.5. The maximum Gasteiger partial charge on any atom is 0.262 e. The monoisotopic (exact) mass is 482 g/mol. The Labute approximate surface area is 206 Å². The molecule has 0 radical (unpaired) electrons. The fraction of sp³-hybridized carbons (Fsp3) is 0.423. The summed E-state index contributed by atoms with van der Waals surface area (Å²) in [5, 5.41) is 0. The maximum absolute atomic E-state index is 13.2. The summed E-state index contributed by atoms with van der Waals surface area (Å²) in [5.41, 5.74) is 13.5. The van der Waals surface area contributed by atoms with Crippen LogP contribution in [-0.4, -0.2) is 61.4 Å². The van der Waals surface area contributed by atoms with Crippen molar-refractivity contribution in [1.82, 2.24) is 9.80 Å². The van der Waals surface area contributed by atoms with Crippen molar-refractivity contribution in [3.05, 3.63) is 47.0 Å². The van der Waals surface area contributed by atoms with Gasteiger partial charge in [0.25, 0.3) is 5.91 Å². The lowest BCUT2D eigenvalue weighted by molar-refractivity contribution is -0.134. The highest BCUT2D eigenvalue weighted by Gasteiger charge is 2.45. The van der Waals surface area contributed by atoms with Crippen LogP contribution in [0, 0.1) is 0 Å². The standard InChI is InChI=1S/C26H34N4O5/c1-16(31)29(14-11-17-7-10-20(34-4)21(15-17)35-5)12-6-13-30-24(32)22-18(26(2,3)25(30)33)8-9-19(27)23(22)28/h7-10,15H,6,11-14,27-28H2,1-5H3. The molecule has 188 valence electrons. The van der Waals surface area contributed by atoms with Crippen molar-refractivity contribution in [2.24, 2.45) is 0 Å². The van der Waals surface area contributed by atoms with Gasteiger partial charge in [0.1, 0.15) is 0 Å². The van der Waals surface area contributed by atoms with E-state index >= 15 is 0 Å². The summed E-state index contributed by atoms with van der Waals surface area (Å²) in [4.78, 5) is 41.6. The number of amides is 3. The lowest BCUT2D eigenvalue weighted by Gasteiger charge is -2.38. The van der Waals surface area contributed by atoms with Crippen LogP contribution in [0.15, 0.2) is 30.3 Å². The van der Waals surface area contributed by atoms with E-state index in [-0.39, 0.29) is 29.6 Å². The predicted octanol–water partition coefficient (Wildman–Crippen LogP) is 2.61. The molecule has 0 fully saturated rings. The van der Waals surface area contributed by atoms with Gasteiger partial charge in [-0.05, 0) is 56.0 Å². The number of benzene rings is 2. The first-order valence-electron chi connectivity index (χ1n) is 11.5. The van der Waals surface area contributed by atoms with Gasteiger partial charge in [-0.25, -0.2) is 0 Å². The number of nitrogens with two attached hydrogens (primary N) is 2. The Balaban J connectivity index is 1.68. The van der Waals surface area contributed by atoms with E-state index in [9.17, 15) is 14.4 Å². The van der Waals surface area contributed by atoms with Crippen LogP contribution < -0.4 is 20.9 Å². The third-order valence-corrected chi connectivity index (χ3v) is 6.56. The fourth-order valence-electron chi connectivity index (χ4n) is 4.42. The highest BCUT2D eigenvalue weighted by molar-refractivity contribution is 6.16. The summed E-state index contributed by atoms with van der Waals surface area (Å²) in [5.74, 6) is 0.448. The van der Waals surface area contributed by atoms with Crippen molar-refractivity contribution >= 4 is 29.1 Å². The second kappa shape index (κ2) is 10.2. The Hall–Kier alpha value is -3.75. The average molecular weight is 483 g/mol. The molecular weight excluding hydrogens is 448 g/mol. The number of rotatable bonds is 9. The molecule has 3 rings (SSSR count). The smallest absolute Gasteiger partial charge is 0.262 e. The van der Waals surface area contributed by atoms with Gasteiger partial charge in [-0.15, -0.1) is 0 Å². The molecular formula is C26H34N4O5. The predicted molar refractivity (Wildman–Crippen MR) is 134 cm³/mol. The van der Waals surface area contributed by atoms with Gasteiger partial charge in [0.2, 0.25) is 11.8 Å². The maximum atomic E-state index is 13.2. The van der Waals surface area contributed by atoms with Crippen LogP contribution in [0.2, 0.25) is 0 Å². The van der Waals surface area contributed by atoms with Crippen LogP contribution in [0.25, 0.3) is 0 Å². The SMILES string of the molecule is COc1ccc(CCN(CCCN2C(=O)c3c(ccc(N)c3N)C(C)(C)C2=O)C(C)=O)cc1OC. The lowest BCUT2D eigenvalue weighted by Crippen LogP contribution is -2.52. The van der Waals surface area contributed by atoms with E-state index in [1.807, 2.05) is 18.2 Å². The van der Waals surface area contributed by atoms with Crippen molar-refractivity contribution in [2.45, 2.75) is 39.0 Å². The van der Waals surface area contributed by atoms with Crippen LogP contribution in [-0.2, 0) is 21.4 Å². The largest absolute Gasteiger partial charge is 0.493 e. The number of nitrogen functional groups attached to an aromatic ring is 2. The van der Waals surface area contributed by atoms with Crippen molar-refractivity contribution in [3.63, 3.8) is 0 Å². The van der Waals surface area contributed by atoms with Crippen molar-refractivity contribution < 1.29 is 23.9 Å². The minimum atomic E-state index is -0.918. The van der Waals surface area contributed by atoms with Crippen LogP contribution in [0.3, 0.4) is 0 Å². The molecule has 0 unspecified atom stereocenters. The minimum absolute atomic E-state index is 0.0792. The molecule has 0 saturated carbocycles. The Kier molecular flexibility index (Phi) is 7.57. The topological polar surface area (TPSA) is 128 Å². The Bertz CT molecular complexity index is 1140. The summed E-state index contributed by atoms with van der Waals surface area (Å²) >= 11 is 0. The van der Waals surface area contributed by atoms with Crippen LogP contribution in [0.4, 0.5) is 11.4 Å². The van der Waals surface area contributed by atoms with E-state index in [1.165, 1.54) is 11.8 Å². The molecule has 0 bridgehead atoms. The van der Waals surface area contributed by atoms with Crippen molar-refractivity contribution in [3.8, 4) is 11.5 Å². The number of imide groups is 1. The minimum Gasteiger partial charge on any atom is -0.493 e. The molecule has 2 aromatic carbocycles. The summed E-state index contributed by atoms with van der Waals surface area (Å²) < 4.78 is 10.6. The number of carbonyl (C=O) groups excluding carboxylic acids is 3. The summed E-state index contributed by atoms with van der Waals surface area (Å²) in [6, 6.07) is 8.96. The molecule has 1 aliphatic heterocycles. The van der Waals surface area contributed by atoms with Gasteiger partial charge in [-0.2, -0.15) is 0 Å². The molecule has 0 saturated heterocycles. The van der Waals surface area contributed by atoms with Gasteiger partial charge >= 0.3 is 0 Å². The second-order valence-corrected chi connectivity index (χ2v) is 9.18. The first kappa shape index (κ1) is 25.9. The van der Waals surface area contributed by atoms with Gasteiger partial charge in [0.05, 0.1) is 36.6 Å². The number of hydrogen-bond donors (Lipinski definition) is 2. The highest BCUT2D eigenvalue weighted by Crippen LogP contribution is 2.39. The number of carbonyl (C=O) groups is 3. The molecule has 1 heterocycles. The van der Waals surface area contributed by atoms with Gasteiger partial charge in [-0.3, -0.25) is 19.3 Å². The Morgan fingerprint density at radius 1 is 1.03 bits per heavy atom. The molecule has 3 amide bonds. The number of fused-ring (bicyclic) bond motifs is 1. The summed E-state index contributed by atoms with van der Waals surface area (Å²) in [7, 11) is 3.16. The van der Waals surface area contributed by atoms with Gasteiger partial charge in [0, 0.05) is 26.6 Å². The lowest BCUT2D eigenvalue weighted by atomic mass is 9.76. The van der Waals surface area contributed by atoms with Crippen LogP contribution >= 0.6 is 0 Å². The number of methoxy groups -OCH3 is 2. The van der Waals surface area contributed by atoms with Gasteiger partial charge in [-0.1, -0.05) is 12.1 Å². The number of anilines is 2. The average Bonchev–Trinajstić information content (AvgIpc) is 2.83. The van der Waals surface area contributed by atoms with E-state index in [0.717, 1.165) is 5.56 Å². The molecule has 2 aromatic rings. The molecule has 35 heavy (non-hydrogen) atoms. The summed E-state index contributed by atoms with van der Waals surface area (Å²) in [6.45, 7) is 6.12. The third kappa shape index (κ3) is 5.03. The second-order valence-electron chi connectivity index (χ2n) is 9.18.